The highest BCUT2D eigenvalue weighted by Crippen LogP contribution is 2.35. The monoisotopic (exact) mass is 916 g/mol. The maximum absolute atomic E-state index is 12.5. The summed E-state index contributed by atoms with van der Waals surface area (Å²) in [5.41, 5.74) is -0.325. The average Bonchev–Trinajstić information content (AvgIpc) is 3.21. The van der Waals surface area contributed by atoms with Crippen molar-refractivity contribution in [1.29, 1.82) is 0 Å². The molecule has 0 saturated carbocycles. The third kappa shape index (κ3) is 12.4. The maximum atomic E-state index is 12.5. The molecule has 0 unspecified atom stereocenters. The first kappa shape index (κ1) is 47.7. The summed E-state index contributed by atoms with van der Waals surface area (Å²) in [6, 6.07) is 38.9. The van der Waals surface area contributed by atoms with Crippen LogP contribution in [0, 0.1) is 6.92 Å². The van der Waals surface area contributed by atoms with Gasteiger partial charge < -0.3 is 8.37 Å². The van der Waals surface area contributed by atoms with Crippen LogP contribution in [0.4, 0.5) is 26.3 Å². The van der Waals surface area contributed by atoms with Crippen LogP contribution in [0.2, 0.25) is 5.02 Å². The van der Waals surface area contributed by atoms with Crippen molar-refractivity contribution in [2.75, 3.05) is 0 Å². The molecule has 6 rings (SSSR count). The van der Waals surface area contributed by atoms with Crippen molar-refractivity contribution in [2.45, 2.75) is 70.3 Å². The highest BCUT2D eigenvalue weighted by molar-refractivity contribution is 7.88. The van der Waals surface area contributed by atoms with Crippen LogP contribution >= 0.6 is 11.6 Å². The fourth-order valence-electron chi connectivity index (χ4n) is 6.42. The maximum Gasteiger partial charge on any atom is 0.534 e. The first-order valence-electron chi connectivity index (χ1n) is 19.5. The zero-order chi connectivity index (χ0) is 45.3. The summed E-state index contributed by atoms with van der Waals surface area (Å²) in [6.45, 7) is 6.27. The van der Waals surface area contributed by atoms with Gasteiger partial charge in [0.05, 0.1) is 0 Å². The molecule has 328 valence electrons. The number of rotatable bonds is 14. The summed E-state index contributed by atoms with van der Waals surface area (Å²) in [7, 11) is -11.4. The predicted molar refractivity (Wildman–Crippen MR) is 233 cm³/mol. The van der Waals surface area contributed by atoms with E-state index in [4.69, 9.17) is 11.6 Å². The summed E-state index contributed by atoms with van der Waals surface area (Å²) in [6.07, 6.45) is 6.76. The lowest BCUT2D eigenvalue weighted by Crippen LogP contribution is -2.28. The minimum atomic E-state index is -5.71. The van der Waals surface area contributed by atoms with E-state index in [0.717, 1.165) is 70.3 Å². The Kier molecular flexibility index (Phi) is 15.6. The van der Waals surface area contributed by atoms with E-state index in [2.05, 4.69) is 70.7 Å². The van der Waals surface area contributed by atoms with Gasteiger partial charge >= 0.3 is 31.3 Å². The highest BCUT2D eigenvalue weighted by atomic mass is 35.5. The van der Waals surface area contributed by atoms with Crippen LogP contribution in [-0.2, 0) is 33.1 Å². The lowest BCUT2D eigenvalue weighted by molar-refractivity contribution is -0.0504. The van der Waals surface area contributed by atoms with Crippen LogP contribution in [0.1, 0.15) is 56.2 Å². The Morgan fingerprint density at radius 2 is 0.855 bits per heavy atom. The minimum Gasteiger partial charge on any atom is -0.376 e. The normalized spacial score (nSPS) is 12.0. The van der Waals surface area contributed by atoms with Crippen molar-refractivity contribution in [3.63, 3.8) is 0 Å². The molecule has 15 heteroatoms. The summed E-state index contributed by atoms with van der Waals surface area (Å²) < 4.78 is 127. The summed E-state index contributed by atoms with van der Waals surface area (Å²) in [4.78, 5) is 0. The molecule has 0 saturated heterocycles. The van der Waals surface area contributed by atoms with Crippen LogP contribution in [0.15, 0.2) is 133 Å². The van der Waals surface area contributed by atoms with Gasteiger partial charge in [-0.2, -0.15) is 43.2 Å². The van der Waals surface area contributed by atoms with Crippen LogP contribution in [0.3, 0.4) is 0 Å². The zero-order valence-corrected chi connectivity index (χ0v) is 36.2. The molecule has 0 fully saturated rings. The van der Waals surface area contributed by atoms with Crippen LogP contribution in [0.25, 0.3) is 44.5 Å². The van der Waals surface area contributed by atoms with Gasteiger partial charge in [0, 0.05) is 10.6 Å². The van der Waals surface area contributed by atoms with E-state index >= 15 is 0 Å². The zero-order valence-electron chi connectivity index (χ0n) is 33.9. The first-order valence-corrected chi connectivity index (χ1v) is 22.7. The topological polar surface area (TPSA) is 86.7 Å². The van der Waals surface area contributed by atoms with Crippen molar-refractivity contribution in [2.24, 2.45) is 0 Å². The van der Waals surface area contributed by atoms with Gasteiger partial charge in [0.1, 0.15) is 11.5 Å². The molecular weight excluding hydrogens is 874 g/mol. The molecule has 6 nitrogen and oxygen atoms in total. The largest absolute Gasteiger partial charge is 0.534 e. The number of hydrogen-bond donors (Lipinski definition) is 0. The molecule has 62 heavy (non-hydrogen) atoms. The number of aryl methyl sites for hydroxylation is 3. The summed E-state index contributed by atoms with van der Waals surface area (Å²) in [5, 5.41) is 0.464. The standard InChI is InChI=1S/C24H22ClF3O3S.C23H21F3O3S/c1-2-3-4-5-17-6-8-18(9-7-17)20-12-15-22(23(25)16-20)19-10-13-21(14-11-19)31-32(29,30)24(26,27)28;1-3-4-17-5-7-18(8-6-17)20-11-14-22(16(2)15-20)19-9-12-21(13-10-19)29-30(27,28)23(24,25)26/h6-16H,2-5H2,1H3;5-15H,3-4H2,1-2H3. The second-order valence-corrected chi connectivity index (χ2v) is 17.8. The Morgan fingerprint density at radius 3 is 1.26 bits per heavy atom. The van der Waals surface area contributed by atoms with E-state index in [1.807, 2.05) is 43.3 Å². The molecule has 0 heterocycles. The average molecular weight is 917 g/mol. The molecule has 0 aliphatic heterocycles. The van der Waals surface area contributed by atoms with E-state index in [-0.39, 0.29) is 0 Å². The summed E-state index contributed by atoms with van der Waals surface area (Å²) >= 11 is 6.46. The highest BCUT2D eigenvalue weighted by Gasteiger charge is 2.49. The Hall–Kier alpha value is -5.31. The van der Waals surface area contributed by atoms with Crippen molar-refractivity contribution >= 4 is 31.8 Å². The van der Waals surface area contributed by atoms with E-state index in [1.54, 1.807) is 0 Å². The van der Waals surface area contributed by atoms with E-state index < -0.39 is 42.8 Å². The predicted octanol–water partition coefficient (Wildman–Crippen LogP) is 14.1. The van der Waals surface area contributed by atoms with E-state index in [0.29, 0.717) is 16.1 Å². The molecule has 0 atom stereocenters. The van der Waals surface area contributed by atoms with Crippen LogP contribution in [-0.4, -0.2) is 27.9 Å². The molecule has 0 bridgehead atoms. The van der Waals surface area contributed by atoms with Gasteiger partial charge in [0.25, 0.3) is 0 Å². The number of halogens is 7. The molecule has 0 aliphatic rings. The van der Waals surface area contributed by atoms with Gasteiger partial charge in [0.15, 0.2) is 0 Å². The third-order valence-electron chi connectivity index (χ3n) is 9.69. The second kappa shape index (κ2) is 20.3. The van der Waals surface area contributed by atoms with Crippen LogP contribution < -0.4 is 8.37 Å². The smallest absolute Gasteiger partial charge is 0.376 e. The third-order valence-corrected chi connectivity index (χ3v) is 12.0. The minimum absolute atomic E-state index is 0.391. The summed E-state index contributed by atoms with van der Waals surface area (Å²) in [5.74, 6) is -0.824. The fraction of sp³-hybridized carbons (Fsp3) is 0.234. The van der Waals surface area contributed by atoms with Crippen LogP contribution in [0.5, 0.6) is 11.5 Å². The number of unbranched alkanes of at least 4 members (excludes halogenated alkanes) is 2. The van der Waals surface area contributed by atoms with E-state index in [1.165, 1.54) is 66.8 Å². The molecule has 0 amide bonds. The number of benzene rings is 6. The molecule has 6 aromatic rings. The second-order valence-electron chi connectivity index (χ2n) is 14.3. The Balaban J connectivity index is 0.000000235. The van der Waals surface area contributed by atoms with E-state index in [9.17, 15) is 43.2 Å². The number of alkyl halides is 6. The van der Waals surface area contributed by atoms with Gasteiger partial charge in [-0.1, -0.05) is 148 Å². The van der Waals surface area contributed by atoms with Crippen molar-refractivity contribution in [3.8, 4) is 56.0 Å². The lowest BCUT2D eigenvalue weighted by Gasteiger charge is -2.12. The molecule has 0 N–H and O–H groups in total. The first-order chi connectivity index (χ1) is 29.2. The SMILES string of the molecule is CCCCCc1ccc(-c2ccc(-c3ccc(OS(=O)(=O)C(F)(F)F)cc3)c(Cl)c2)cc1.CCCc1ccc(-c2ccc(-c3ccc(OS(=O)(=O)C(F)(F)F)cc3)c(C)c2)cc1. The van der Waals surface area contributed by atoms with Crippen molar-refractivity contribution in [1.82, 2.24) is 0 Å². The molecule has 6 aromatic carbocycles. The van der Waals surface area contributed by atoms with Crippen molar-refractivity contribution < 1.29 is 51.5 Å². The molecule has 0 radical (unpaired) electrons. The van der Waals surface area contributed by atoms with Gasteiger partial charge in [-0.15, -0.1) is 0 Å². The van der Waals surface area contributed by atoms with Crippen molar-refractivity contribution in [3.05, 3.63) is 155 Å². The Morgan fingerprint density at radius 1 is 0.468 bits per heavy atom. The molecule has 0 aromatic heterocycles. The molecular formula is C47H43ClF6O6S2. The quantitative estimate of drug-likeness (QED) is 0.0468. The lowest BCUT2D eigenvalue weighted by atomic mass is 9.95. The van der Waals surface area contributed by atoms with Gasteiger partial charge in [-0.25, -0.2) is 0 Å². The van der Waals surface area contributed by atoms with Gasteiger partial charge in [0.2, 0.25) is 0 Å². The molecule has 0 aliphatic carbocycles. The fourth-order valence-corrected chi connectivity index (χ4v) is 7.63. The molecule has 0 spiro atoms. The Bertz CT molecular complexity index is 2650. The van der Waals surface area contributed by atoms with Gasteiger partial charge in [-0.05, 0) is 112 Å². The van der Waals surface area contributed by atoms with Gasteiger partial charge in [-0.3, -0.25) is 0 Å². The number of hydrogen-bond acceptors (Lipinski definition) is 6. The Labute approximate surface area is 363 Å².